The zero-order valence-electron chi connectivity index (χ0n) is 22.5. The summed E-state index contributed by atoms with van der Waals surface area (Å²) in [6, 6.07) is 0. The number of rotatable bonds is 27. The van der Waals surface area contributed by atoms with Crippen LogP contribution in [0.15, 0.2) is 0 Å². The first-order valence-electron chi connectivity index (χ1n) is 14.8. The van der Waals surface area contributed by atoms with Gasteiger partial charge in [-0.05, 0) is 45.1 Å². The van der Waals surface area contributed by atoms with Crippen LogP contribution in [0, 0.1) is 0 Å². The van der Waals surface area contributed by atoms with Crippen molar-refractivity contribution in [2.24, 2.45) is 0 Å². The normalized spacial score (nSPS) is 11.4. The van der Waals surface area contributed by atoms with Crippen molar-refractivity contribution in [1.29, 1.82) is 0 Å². The molecule has 0 aliphatic carbocycles. The van der Waals surface area contributed by atoms with Crippen molar-refractivity contribution in [3.63, 3.8) is 0 Å². The molecule has 33 heavy (non-hydrogen) atoms. The van der Waals surface area contributed by atoms with Crippen LogP contribution in [0.3, 0.4) is 0 Å². The smallest absolute Gasteiger partial charge is 0.306 e. The molecule has 198 valence electrons. The predicted octanol–water partition coefficient (Wildman–Crippen LogP) is 8.10. The number of nitrogens with one attached hydrogen (secondary N) is 1. The van der Waals surface area contributed by atoms with Crippen LogP contribution in [0.5, 0.6) is 0 Å². The zero-order valence-corrected chi connectivity index (χ0v) is 22.5. The molecule has 0 spiro atoms. The highest BCUT2D eigenvalue weighted by molar-refractivity contribution is 5.69. The Hall–Kier alpha value is -0.610. The maximum Gasteiger partial charge on any atom is 0.306 e. The van der Waals surface area contributed by atoms with Crippen molar-refractivity contribution < 1.29 is 14.6 Å². The molecule has 2 N–H and O–H groups in total. The summed E-state index contributed by atoms with van der Waals surface area (Å²) in [5.74, 6) is 0.0342. The highest BCUT2D eigenvalue weighted by atomic mass is 16.5. The van der Waals surface area contributed by atoms with Crippen LogP contribution in [-0.4, -0.2) is 36.9 Å². The van der Waals surface area contributed by atoms with Gasteiger partial charge in [-0.3, -0.25) is 4.79 Å². The van der Waals surface area contributed by atoms with Gasteiger partial charge in [-0.2, -0.15) is 0 Å². The van der Waals surface area contributed by atoms with Gasteiger partial charge >= 0.3 is 5.97 Å². The summed E-state index contributed by atoms with van der Waals surface area (Å²) in [7, 11) is 0. The second-order valence-electron chi connectivity index (χ2n) is 9.92. The number of hydrogen-bond donors (Lipinski definition) is 2. The van der Waals surface area contributed by atoms with Gasteiger partial charge in [0.25, 0.3) is 0 Å². The fourth-order valence-corrected chi connectivity index (χ4v) is 4.42. The third-order valence-corrected chi connectivity index (χ3v) is 6.58. The highest BCUT2D eigenvalue weighted by Gasteiger charge is 2.14. The average molecular weight is 470 g/mol. The van der Waals surface area contributed by atoms with Gasteiger partial charge in [-0.15, -0.1) is 0 Å². The van der Waals surface area contributed by atoms with E-state index in [-0.39, 0.29) is 18.7 Å². The minimum Gasteiger partial charge on any atom is -0.462 e. The minimum atomic E-state index is 0.0342. The second-order valence-corrected chi connectivity index (χ2v) is 9.92. The van der Waals surface area contributed by atoms with Crippen LogP contribution in [0.1, 0.15) is 155 Å². The Morgan fingerprint density at radius 3 is 1.61 bits per heavy atom. The van der Waals surface area contributed by atoms with E-state index in [2.05, 4.69) is 19.2 Å². The molecular weight excluding hydrogens is 410 g/mol. The Morgan fingerprint density at radius 2 is 1.09 bits per heavy atom. The van der Waals surface area contributed by atoms with E-state index in [4.69, 9.17) is 9.84 Å². The first-order valence-corrected chi connectivity index (χ1v) is 14.8. The maximum absolute atomic E-state index is 12.4. The summed E-state index contributed by atoms with van der Waals surface area (Å²) < 4.78 is 5.93. The average Bonchev–Trinajstić information content (AvgIpc) is 2.81. The molecule has 0 aromatic carbocycles. The number of hydrogen-bond acceptors (Lipinski definition) is 4. The fourth-order valence-electron chi connectivity index (χ4n) is 4.42. The molecule has 0 aromatic heterocycles. The molecule has 0 heterocycles. The van der Waals surface area contributed by atoms with Crippen LogP contribution in [0.4, 0.5) is 0 Å². The molecular formula is C29H59NO3. The van der Waals surface area contributed by atoms with Gasteiger partial charge in [0.1, 0.15) is 6.10 Å². The third kappa shape index (κ3) is 25.8. The van der Waals surface area contributed by atoms with Crippen molar-refractivity contribution >= 4 is 5.97 Å². The lowest BCUT2D eigenvalue weighted by Gasteiger charge is -2.18. The van der Waals surface area contributed by atoms with Gasteiger partial charge in [0.2, 0.25) is 0 Å². The highest BCUT2D eigenvalue weighted by Crippen LogP contribution is 2.18. The van der Waals surface area contributed by atoms with E-state index in [1.165, 1.54) is 109 Å². The molecule has 0 saturated heterocycles. The molecule has 4 heteroatoms. The summed E-state index contributed by atoms with van der Waals surface area (Å²) in [4.78, 5) is 12.4. The number of aliphatic hydroxyl groups is 1. The van der Waals surface area contributed by atoms with E-state index >= 15 is 0 Å². The molecule has 0 rings (SSSR count). The Morgan fingerprint density at radius 1 is 0.636 bits per heavy atom. The zero-order chi connectivity index (χ0) is 24.2. The fraction of sp³-hybridized carbons (Fsp3) is 0.966. The van der Waals surface area contributed by atoms with E-state index in [0.29, 0.717) is 13.0 Å². The lowest BCUT2D eigenvalue weighted by atomic mass is 10.0. The Balaban J connectivity index is 3.89. The molecule has 0 saturated carbocycles. The molecule has 0 aromatic rings. The molecule has 0 aliphatic heterocycles. The first-order chi connectivity index (χ1) is 16.2. The summed E-state index contributed by atoms with van der Waals surface area (Å²) in [6.07, 6.45) is 26.7. The van der Waals surface area contributed by atoms with Gasteiger partial charge in [-0.25, -0.2) is 0 Å². The van der Waals surface area contributed by atoms with Crippen molar-refractivity contribution in [3.05, 3.63) is 0 Å². The number of carbonyl (C=O) groups is 1. The van der Waals surface area contributed by atoms with Gasteiger partial charge in [0.05, 0.1) is 6.61 Å². The van der Waals surface area contributed by atoms with Gasteiger partial charge in [0.15, 0.2) is 0 Å². The largest absolute Gasteiger partial charge is 0.462 e. The van der Waals surface area contributed by atoms with E-state index in [1.54, 1.807) is 0 Å². The Kier molecular flexibility index (Phi) is 27.1. The third-order valence-electron chi connectivity index (χ3n) is 6.58. The van der Waals surface area contributed by atoms with Crippen molar-refractivity contribution in [3.8, 4) is 0 Å². The summed E-state index contributed by atoms with van der Waals surface area (Å²) in [6.45, 7) is 6.45. The van der Waals surface area contributed by atoms with Crippen molar-refractivity contribution in [1.82, 2.24) is 5.32 Å². The Bertz CT molecular complexity index is 373. The molecule has 0 bridgehead atoms. The van der Waals surface area contributed by atoms with Crippen LogP contribution in [0.2, 0.25) is 0 Å². The van der Waals surface area contributed by atoms with Crippen molar-refractivity contribution in [2.45, 2.75) is 161 Å². The quantitative estimate of drug-likeness (QED) is 0.0942. The SMILES string of the molecule is CCCCCCCCC(CCCCCCCC)OC(=O)CCCCCCCCCNCCO. The molecule has 0 atom stereocenters. The first kappa shape index (κ1) is 32.4. The summed E-state index contributed by atoms with van der Waals surface area (Å²) >= 11 is 0. The van der Waals surface area contributed by atoms with Crippen LogP contribution in [0.25, 0.3) is 0 Å². The van der Waals surface area contributed by atoms with E-state index in [9.17, 15) is 4.79 Å². The maximum atomic E-state index is 12.4. The number of unbranched alkanes of at least 4 members (excludes halogenated alkanes) is 16. The predicted molar refractivity (Wildman–Crippen MR) is 143 cm³/mol. The van der Waals surface area contributed by atoms with E-state index in [0.717, 1.165) is 32.2 Å². The standard InChI is InChI=1S/C29H59NO3/c1-3-5-7-9-14-18-22-28(23-19-15-10-8-6-4-2)33-29(32)24-20-16-12-11-13-17-21-25-30-26-27-31/h28,30-31H,3-27H2,1-2H3. The lowest BCUT2D eigenvalue weighted by molar-refractivity contribution is -0.150. The van der Waals surface area contributed by atoms with Gasteiger partial charge < -0.3 is 15.2 Å². The molecule has 0 aliphatic rings. The van der Waals surface area contributed by atoms with Crippen molar-refractivity contribution in [2.75, 3.05) is 19.7 Å². The van der Waals surface area contributed by atoms with Gasteiger partial charge in [0, 0.05) is 13.0 Å². The number of esters is 1. The molecule has 0 fully saturated rings. The lowest BCUT2D eigenvalue weighted by Crippen LogP contribution is -2.19. The Labute approximate surface area is 207 Å². The van der Waals surface area contributed by atoms with Gasteiger partial charge in [-0.1, -0.05) is 110 Å². The second kappa shape index (κ2) is 27.6. The topological polar surface area (TPSA) is 58.6 Å². The monoisotopic (exact) mass is 469 g/mol. The van der Waals surface area contributed by atoms with Crippen LogP contribution < -0.4 is 5.32 Å². The molecule has 0 radical (unpaired) electrons. The minimum absolute atomic E-state index is 0.0342. The van der Waals surface area contributed by atoms with E-state index in [1.807, 2.05) is 0 Å². The number of ether oxygens (including phenoxy) is 1. The summed E-state index contributed by atoms with van der Waals surface area (Å²) in [5, 5.41) is 12.0. The molecule has 0 amide bonds. The van der Waals surface area contributed by atoms with Crippen LogP contribution >= 0.6 is 0 Å². The van der Waals surface area contributed by atoms with Crippen LogP contribution in [-0.2, 0) is 9.53 Å². The number of carbonyl (C=O) groups excluding carboxylic acids is 1. The molecule has 0 unspecified atom stereocenters. The number of aliphatic hydroxyl groups excluding tert-OH is 1. The van der Waals surface area contributed by atoms with E-state index < -0.39 is 0 Å². The molecule has 4 nitrogen and oxygen atoms in total. The summed E-state index contributed by atoms with van der Waals surface area (Å²) in [5.41, 5.74) is 0.